The van der Waals surface area contributed by atoms with Crippen molar-refractivity contribution < 1.29 is 14.1 Å². The van der Waals surface area contributed by atoms with Crippen LogP contribution in [0.25, 0.3) is 6.08 Å². The van der Waals surface area contributed by atoms with Crippen LogP contribution >= 0.6 is 0 Å². The van der Waals surface area contributed by atoms with E-state index in [1.165, 1.54) is 55.9 Å². The van der Waals surface area contributed by atoms with E-state index >= 15 is 0 Å². The Balaban J connectivity index is 1.56. The van der Waals surface area contributed by atoms with E-state index < -0.39 is 0 Å². The highest BCUT2D eigenvalue weighted by Crippen LogP contribution is 2.16. The molecule has 2 aromatic carbocycles. The Kier molecular flexibility index (Phi) is 6.77. The second-order valence-corrected chi connectivity index (χ2v) is 7.43. The van der Waals surface area contributed by atoms with Crippen LogP contribution in [0.2, 0.25) is 0 Å². The molecule has 1 unspecified atom stereocenters. The third kappa shape index (κ3) is 6.04. The second kappa shape index (κ2) is 9.47. The summed E-state index contributed by atoms with van der Waals surface area (Å²) in [6.45, 7) is 0.972. The van der Waals surface area contributed by atoms with Gasteiger partial charge in [-0.3, -0.25) is 4.79 Å². The molecule has 1 aliphatic carbocycles. The van der Waals surface area contributed by atoms with E-state index in [1.807, 2.05) is 12.1 Å². The quantitative estimate of drug-likeness (QED) is 0.748. The van der Waals surface area contributed by atoms with Crippen LogP contribution in [0.5, 0.6) is 0 Å². The molecule has 0 radical (unpaired) electrons. The Morgan fingerprint density at radius 2 is 1.89 bits per heavy atom. The molecule has 1 fully saturated rings. The first-order chi connectivity index (χ1) is 13.1. The molecule has 1 amide bonds. The topological polar surface area (TPSA) is 33.5 Å². The largest absolute Gasteiger partial charge is 0.331 e. The summed E-state index contributed by atoms with van der Waals surface area (Å²) in [5.74, 6) is -0.474. The van der Waals surface area contributed by atoms with Crippen LogP contribution in [0.4, 0.5) is 10.1 Å². The number of carbonyl (C=O) groups excluding carboxylic acids is 1. The highest BCUT2D eigenvalue weighted by atomic mass is 19.1. The molecule has 0 bridgehead atoms. The van der Waals surface area contributed by atoms with Crippen molar-refractivity contribution in [2.75, 3.05) is 12.4 Å². The Labute approximate surface area is 160 Å². The highest BCUT2D eigenvalue weighted by molar-refractivity contribution is 6.01. The summed E-state index contributed by atoms with van der Waals surface area (Å²) < 4.78 is 12.9. The van der Waals surface area contributed by atoms with Crippen molar-refractivity contribution in [1.29, 1.82) is 0 Å². The molecule has 1 atom stereocenters. The van der Waals surface area contributed by atoms with E-state index in [-0.39, 0.29) is 11.7 Å². The van der Waals surface area contributed by atoms with Gasteiger partial charge in [-0.2, -0.15) is 0 Å². The fraction of sp³-hybridized carbons (Fsp3) is 0.348. The van der Waals surface area contributed by atoms with E-state index in [2.05, 4.69) is 24.5 Å². The summed E-state index contributed by atoms with van der Waals surface area (Å²) in [5.41, 5.74) is 2.83. The summed E-state index contributed by atoms with van der Waals surface area (Å²) in [4.78, 5) is 13.7. The van der Waals surface area contributed by atoms with Crippen LogP contribution in [-0.2, 0) is 11.3 Å². The molecule has 3 nitrogen and oxygen atoms in total. The Hall–Kier alpha value is -2.46. The van der Waals surface area contributed by atoms with Crippen molar-refractivity contribution in [3.05, 3.63) is 71.6 Å². The van der Waals surface area contributed by atoms with Gasteiger partial charge in [0.25, 0.3) is 0 Å². The number of benzene rings is 2. The van der Waals surface area contributed by atoms with E-state index in [0.717, 1.165) is 23.8 Å². The monoisotopic (exact) mass is 367 g/mol. The molecule has 142 valence electrons. The van der Waals surface area contributed by atoms with Crippen LogP contribution < -0.4 is 10.2 Å². The molecule has 1 aliphatic rings. The number of carbonyl (C=O) groups is 1. The summed E-state index contributed by atoms with van der Waals surface area (Å²) in [6, 6.07) is 14.9. The number of hydrogen-bond donors (Lipinski definition) is 2. The smallest absolute Gasteiger partial charge is 0.248 e. The van der Waals surface area contributed by atoms with Gasteiger partial charge in [0.05, 0.1) is 13.1 Å². The number of anilines is 1. The lowest BCUT2D eigenvalue weighted by Crippen LogP contribution is -3.11. The minimum absolute atomic E-state index is 0.190. The van der Waals surface area contributed by atoms with E-state index in [0.29, 0.717) is 0 Å². The number of quaternary nitrogens is 1. The van der Waals surface area contributed by atoms with Crippen molar-refractivity contribution in [3.63, 3.8) is 0 Å². The van der Waals surface area contributed by atoms with Gasteiger partial charge in [0, 0.05) is 17.3 Å². The summed E-state index contributed by atoms with van der Waals surface area (Å²) >= 11 is 0. The van der Waals surface area contributed by atoms with Crippen LogP contribution in [0.3, 0.4) is 0 Å². The molecule has 0 saturated heterocycles. The minimum atomic E-state index is -0.284. The van der Waals surface area contributed by atoms with Gasteiger partial charge in [0.15, 0.2) is 0 Å². The van der Waals surface area contributed by atoms with Crippen molar-refractivity contribution >= 4 is 17.7 Å². The molecule has 0 heterocycles. The van der Waals surface area contributed by atoms with E-state index in [1.54, 1.807) is 23.1 Å². The molecule has 2 N–H and O–H groups in total. The maximum atomic E-state index is 12.9. The lowest BCUT2D eigenvalue weighted by atomic mass is 9.94. The van der Waals surface area contributed by atoms with Crippen molar-refractivity contribution in [3.8, 4) is 0 Å². The van der Waals surface area contributed by atoms with Gasteiger partial charge in [-0.25, -0.2) is 4.39 Å². The van der Waals surface area contributed by atoms with Crippen LogP contribution in [0.15, 0.2) is 54.6 Å². The summed E-state index contributed by atoms with van der Waals surface area (Å²) in [5, 5.41) is 2.91. The Morgan fingerprint density at radius 1 is 1.15 bits per heavy atom. The van der Waals surface area contributed by atoms with Gasteiger partial charge < -0.3 is 10.2 Å². The number of hydrogen-bond acceptors (Lipinski definition) is 1. The standard InChI is InChI=1S/C23H27FN2O/c1-26(22-8-3-2-4-9-22)17-19-6-5-7-21(16-19)25-23(27)15-12-18-10-13-20(24)14-11-18/h5-7,10-16,22H,2-4,8-9,17H2,1H3,(H,25,27)/p+1/b15-12+. The van der Waals surface area contributed by atoms with Crippen molar-refractivity contribution in [2.24, 2.45) is 0 Å². The minimum Gasteiger partial charge on any atom is -0.331 e. The molecule has 27 heavy (non-hydrogen) atoms. The fourth-order valence-corrected chi connectivity index (χ4v) is 3.75. The number of halogens is 1. The molecule has 0 spiro atoms. The van der Waals surface area contributed by atoms with Gasteiger partial charge in [-0.15, -0.1) is 0 Å². The van der Waals surface area contributed by atoms with E-state index in [9.17, 15) is 9.18 Å². The Morgan fingerprint density at radius 3 is 2.63 bits per heavy atom. The van der Waals surface area contributed by atoms with Crippen molar-refractivity contribution in [2.45, 2.75) is 44.7 Å². The molecular formula is C23H28FN2O+. The third-order valence-corrected chi connectivity index (χ3v) is 5.28. The summed E-state index contributed by atoms with van der Waals surface area (Å²) in [6.07, 6.45) is 9.85. The number of amides is 1. The van der Waals surface area contributed by atoms with Gasteiger partial charge in [0.1, 0.15) is 12.4 Å². The normalized spacial score (nSPS) is 16.4. The summed E-state index contributed by atoms with van der Waals surface area (Å²) in [7, 11) is 2.27. The maximum absolute atomic E-state index is 12.9. The average molecular weight is 367 g/mol. The predicted octanol–water partition coefficient (Wildman–Crippen LogP) is 3.83. The zero-order chi connectivity index (χ0) is 19.1. The molecule has 4 heteroatoms. The van der Waals surface area contributed by atoms with Crippen LogP contribution in [0, 0.1) is 5.82 Å². The zero-order valence-electron chi connectivity index (χ0n) is 15.9. The third-order valence-electron chi connectivity index (χ3n) is 5.28. The van der Waals surface area contributed by atoms with Gasteiger partial charge in [0.2, 0.25) is 5.91 Å². The fourth-order valence-electron chi connectivity index (χ4n) is 3.75. The average Bonchev–Trinajstić information content (AvgIpc) is 2.68. The SMILES string of the molecule is C[NH+](Cc1cccc(NC(=O)/C=C/c2ccc(F)cc2)c1)C1CCCCC1. The molecule has 0 aliphatic heterocycles. The first kappa shape index (κ1) is 19.3. The molecule has 2 aromatic rings. The lowest BCUT2D eigenvalue weighted by molar-refractivity contribution is -0.921. The number of nitrogens with one attached hydrogen (secondary N) is 2. The molecule has 3 rings (SSSR count). The first-order valence-electron chi connectivity index (χ1n) is 9.76. The second-order valence-electron chi connectivity index (χ2n) is 7.43. The lowest BCUT2D eigenvalue weighted by Gasteiger charge is -2.28. The molecule has 0 aromatic heterocycles. The molecular weight excluding hydrogens is 339 g/mol. The maximum Gasteiger partial charge on any atom is 0.248 e. The molecule has 1 saturated carbocycles. The number of rotatable bonds is 6. The zero-order valence-corrected chi connectivity index (χ0v) is 15.9. The van der Waals surface area contributed by atoms with E-state index in [4.69, 9.17) is 0 Å². The first-order valence-corrected chi connectivity index (χ1v) is 9.76. The van der Waals surface area contributed by atoms with Crippen LogP contribution in [0.1, 0.15) is 43.2 Å². The highest BCUT2D eigenvalue weighted by Gasteiger charge is 2.21. The van der Waals surface area contributed by atoms with Crippen molar-refractivity contribution in [1.82, 2.24) is 0 Å². The van der Waals surface area contributed by atoms with Gasteiger partial charge in [-0.1, -0.05) is 30.7 Å². The van der Waals surface area contributed by atoms with Crippen LogP contribution in [-0.4, -0.2) is 19.0 Å². The van der Waals surface area contributed by atoms with Gasteiger partial charge in [-0.05, 0) is 61.6 Å². The Bertz CT molecular complexity index is 779. The van der Waals surface area contributed by atoms with Gasteiger partial charge >= 0.3 is 0 Å². The predicted molar refractivity (Wildman–Crippen MR) is 108 cm³/mol.